The molecule has 0 aliphatic heterocycles. The highest BCUT2D eigenvalue weighted by Gasteiger charge is 2.24. The molecule has 1 aliphatic carbocycles. The maximum Gasteiger partial charge on any atom is 0.0404 e. The van der Waals surface area contributed by atoms with E-state index in [4.69, 9.17) is 17.3 Å². The van der Waals surface area contributed by atoms with Gasteiger partial charge in [0.25, 0.3) is 0 Å². The van der Waals surface area contributed by atoms with Crippen molar-refractivity contribution in [3.8, 4) is 0 Å². The van der Waals surface area contributed by atoms with E-state index in [9.17, 15) is 0 Å². The lowest BCUT2D eigenvalue weighted by Crippen LogP contribution is -2.17. The Hall–Kier alpha value is -0.690. The van der Waals surface area contributed by atoms with Crippen molar-refractivity contribution in [1.82, 2.24) is 0 Å². The molecule has 2 heteroatoms. The number of halogens is 1. The van der Waals surface area contributed by atoms with E-state index in [1.54, 1.807) is 0 Å². The van der Waals surface area contributed by atoms with Gasteiger partial charge in [-0.3, -0.25) is 0 Å². The predicted octanol–water partition coefficient (Wildman–Crippen LogP) is 3.53. The molecule has 0 bridgehead atoms. The molecule has 1 aromatic rings. The molecule has 0 unspecified atom stereocenters. The molecule has 1 fully saturated rings. The quantitative estimate of drug-likeness (QED) is 0.556. The van der Waals surface area contributed by atoms with Crippen LogP contribution >= 0.6 is 11.6 Å². The zero-order chi connectivity index (χ0) is 9.97. The minimum absolute atomic E-state index is 0.312. The van der Waals surface area contributed by atoms with Gasteiger partial charge in [0.2, 0.25) is 0 Å². The lowest BCUT2D eigenvalue weighted by atomic mass is 9.83. The first-order valence-electron chi connectivity index (χ1n) is 5.27. The second-order valence-corrected chi connectivity index (χ2v) is 4.63. The molecule has 0 heterocycles. The van der Waals surface area contributed by atoms with Crippen LogP contribution in [0.2, 0.25) is 0 Å². The zero-order valence-electron chi connectivity index (χ0n) is 8.25. The summed E-state index contributed by atoms with van der Waals surface area (Å²) in [5.74, 6) is 0.533. The highest BCUT2D eigenvalue weighted by molar-refractivity contribution is 6.21. The predicted molar refractivity (Wildman–Crippen MR) is 61.7 cm³/mol. The van der Waals surface area contributed by atoms with Crippen LogP contribution in [0, 0.1) is 0 Å². The van der Waals surface area contributed by atoms with E-state index in [1.165, 1.54) is 24.8 Å². The van der Waals surface area contributed by atoms with Crippen molar-refractivity contribution in [3.05, 3.63) is 29.8 Å². The highest BCUT2D eigenvalue weighted by Crippen LogP contribution is 2.36. The summed E-state index contributed by atoms with van der Waals surface area (Å²) in [6.45, 7) is 0. The lowest BCUT2D eigenvalue weighted by molar-refractivity contribution is 0.450. The summed E-state index contributed by atoms with van der Waals surface area (Å²) < 4.78 is 0. The van der Waals surface area contributed by atoms with Crippen LogP contribution in [0.1, 0.15) is 37.2 Å². The van der Waals surface area contributed by atoms with Crippen molar-refractivity contribution in [2.24, 2.45) is 0 Å². The molecule has 14 heavy (non-hydrogen) atoms. The van der Waals surface area contributed by atoms with Crippen molar-refractivity contribution in [1.29, 1.82) is 0 Å². The SMILES string of the molecule is Nc1ccc([C@H]2CCCC[C@@H]2Cl)cc1. The lowest BCUT2D eigenvalue weighted by Gasteiger charge is -2.27. The third kappa shape index (κ3) is 2.03. The summed E-state index contributed by atoms with van der Waals surface area (Å²) in [5, 5.41) is 0.312. The fourth-order valence-corrected chi connectivity index (χ4v) is 2.63. The van der Waals surface area contributed by atoms with Gasteiger partial charge in [-0.1, -0.05) is 25.0 Å². The van der Waals surface area contributed by atoms with Gasteiger partial charge >= 0.3 is 0 Å². The number of hydrogen-bond acceptors (Lipinski definition) is 1. The Bertz CT molecular complexity index is 294. The smallest absolute Gasteiger partial charge is 0.0404 e. The van der Waals surface area contributed by atoms with Gasteiger partial charge in [0, 0.05) is 17.0 Å². The molecule has 0 radical (unpaired) electrons. The van der Waals surface area contributed by atoms with Gasteiger partial charge in [-0.15, -0.1) is 11.6 Å². The molecule has 0 aromatic heterocycles. The average molecular weight is 210 g/mol. The van der Waals surface area contributed by atoms with Crippen LogP contribution in [0.25, 0.3) is 0 Å². The van der Waals surface area contributed by atoms with Gasteiger partial charge in [0.1, 0.15) is 0 Å². The third-order valence-electron chi connectivity index (χ3n) is 3.05. The molecule has 2 rings (SSSR count). The number of benzene rings is 1. The summed E-state index contributed by atoms with van der Waals surface area (Å²) in [5.41, 5.74) is 7.83. The van der Waals surface area contributed by atoms with Crippen molar-refractivity contribution >= 4 is 17.3 Å². The Morgan fingerprint density at radius 1 is 1.07 bits per heavy atom. The molecule has 1 aliphatic rings. The first-order chi connectivity index (χ1) is 6.77. The number of rotatable bonds is 1. The van der Waals surface area contributed by atoms with E-state index in [0.717, 1.165) is 12.1 Å². The summed E-state index contributed by atoms with van der Waals surface area (Å²) in [7, 11) is 0. The monoisotopic (exact) mass is 209 g/mol. The summed E-state index contributed by atoms with van der Waals surface area (Å²) in [4.78, 5) is 0. The van der Waals surface area contributed by atoms with Crippen molar-refractivity contribution in [2.75, 3.05) is 5.73 Å². The minimum atomic E-state index is 0.312. The van der Waals surface area contributed by atoms with Crippen LogP contribution in [0.4, 0.5) is 5.69 Å². The number of nitrogens with two attached hydrogens (primary N) is 1. The van der Waals surface area contributed by atoms with Crippen molar-refractivity contribution in [3.63, 3.8) is 0 Å². The first kappa shape index (κ1) is 9.85. The molecule has 0 amide bonds. The van der Waals surface area contributed by atoms with Crippen LogP contribution < -0.4 is 5.73 Å². The number of hydrogen-bond donors (Lipinski definition) is 1. The van der Waals surface area contributed by atoms with E-state index < -0.39 is 0 Å². The van der Waals surface area contributed by atoms with Gasteiger partial charge in [0.05, 0.1) is 0 Å². The van der Waals surface area contributed by atoms with Crippen LogP contribution in [-0.2, 0) is 0 Å². The average Bonchev–Trinajstić information content (AvgIpc) is 2.20. The molecular weight excluding hydrogens is 194 g/mol. The number of nitrogen functional groups attached to an aromatic ring is 1. The second kappa shape index (κ2) is 4.22. The maximum atomic E-state index is 6.33. The van der Waals surface area contributed by atoms with E-state index in [-0.39, 0.29) is 0 Å². The number of anilines is 1. The van der Waals surface area contributed by atoms with E-state index in [0.29, 0.717) is 11.3 Å². The second-order valence-electron chi connectivity index (χ2n) is 4.07. The molecule has 1 nitrogen and oxygen atoms in total. The summed E-state index contributed by atoms with van der Waals surface area (Å²) >= 11 is 6.33. The maximum absolute atomic E-state index is 6.33. The Morgan fingerprint density at radius 2 is 1.71 bits per heavy atom. The van der Waals surface area contributed by atoms with Crippen LogP contribution in [0.3, 0.4) is 0 Å². The van der Waals surface area contributed by atoms with Crippen molar-refractivity contribution < 1.29 is 0 Å². The topological polar surface area (TPSA) is 26.0 Å². The molecule has 0 spiro atoms. The van der Waals surface area contributed by atoms with E-state index in [1.807, 2.05) is 12.1 Å². The van der Waals surface area contributed by atoms with Gasteiger partial charge in [0.15, 0.2) is 0 Å². The fourth-order valence-electron chi connectivity index (χ4n) is 2.20. The molecular formula is C12H16ClN. The van der Waals surface area contributed by atoms with Crippen LogP contribution in [-0.4, -0.2) is 5.38 Å². The first-order valence-corrected chi connectivity index (χ1v) is 5.70. The van der Waals surface area contributed by atoms with E-state index >= 15 is 0 Å². The molecule has 2 atom stereocenters. The standard InChI is InChI=1S/C12H16ClN/c13-12-4-2-1-3-11(12)9-5-7-10(14)8-6-9/h5-8,11-12H,1-4,14H2/t11-,12+/m1/s1. The van der Waals surface area contributed by atoms with Gasteiger partial charge in [-0.05, 0) is 30.5 Å². The Morgan fingerprint density at radius 3 is 2.36 bits per heavy atom. The normalized spacial score (nSPS) is 27.5. The molecule has 1 aromatic carbocycles. The molecule has 0 saturated heterocycles. The van der Waals surface area contributed by atoms with Crippen LogP contribution in [0.15, 0.2) is 24.3 Å². The van der Waals surface area contributed by atoms with Gasteiger partial charge < -0.3 is 5.73 Å². The number of alkyl halides is 1. The van der Waals surface area contributed by atoms with Gasteiger partial charge in [-0.2, -0.15) is 0 Å². The molecule has 76 valence electrons. The van der Waals surface area contributed by atoms with Crippen LogP contribution in [0.5, 0.6) is 0 Å². The van der Waals surface area contributed by atoms with E-state index in [2.05, 4.69) is 12.1 Å². The summed E-state index contributed by atoms with van der Waals surface area (Å²) in [6, 6.07) is 8.16. The highest BCUT2D eigenvalue weighted by atomic mass is 35.5. The zero-order valence-corrected chi connectivity index (χ0v) is 9.00. The Kier molecular flexibility index (Phi) is 2.97. The Labute approximate surface area is 90.3 Å². The van der Waals surface area contributed by atoms with Crippen molar-refractivity contribution in [2.45, 2.75) is 37.0 Å². The molecule has 1 saturated carbocycles. The third-order valence-corrected chi connectivity index (χ3v) is 3.57. The summed E-state index contributed by atoms with van der Waals surface area (Å²) in [6.07, 6.45) is 4.95. The molecule has 2 N–H and O–H groups in total. The van der Waals surface area contributed by atoms with Gasteiger partial charge in [-0.25, -0.2) is 0 Å². The Balaban J connectivity index is 2.16. The fraction of sp³-hybridized carbons (Fsp3) is 0.500. The minimum Gasteiger partial charge on any atom is -0.399 e. The largest absolute Gasteiger partial charge is 0.399 e.